The van der Waals surface area contributed by atoms with Crippen LogP contribution >= 0.6 is 0 Å². The first kappa shape index (κ1) is 13.6. The van der Waals surface area contributed by atoms with E-state index in [1.807, 2.05) is 0 Å². The van der Waals surface area contributed by atoms with Crippen molar-refractivity contribution in [1.29, 1.82) is 0 Å². The lowest BCUT2D eigenvalue weighted by molar-refractivity contribution is 0.577. The Balaban J connectivity index is 2.30. The van der Waals surface area contributed by atoms with Gasteiger partial charge in [0.05, 0.1) is 0 Å². The van der Waals surface area contributed by atoms with Crippen molar-refractivity contribution in [3.8, 4) is 0 Å². The summed E-state index contributed by atoms with van der Waals surface area (Å²) < 4.78 is 0. The van der Waals surface area contributed by atoms with Crippen LogP contribution in [-0.4, -0.2) is 13.1 Å². The zero-order valence-electron chi connectivity index (χ0n) is 12.3. The predicted octanol–water partition coefficient (Wildman–Crippen LogP) is 4.15. The molecule has 100 valence electrons. The van der Waals surface area contributed by atoms with Crippen molar-refractivity contribution in [2.45, 2.75) is 58.3 Å². The number of hydrogen-bond donors (Lipinski definition) is 1. The Labute approximate surface area is 112 Å². The lowest BCUT2D eigenvalue weighted by Gasteiger charge is -2.24. The van der Waals surface area contributed by atoms with Gasteiger partial charge in [-0.2, -0.15) is 0 Å². The normalized spacial score (nSPS) is 21.7. The van der Waals surface area contributed by atoms with Gasteiger partial charge >= 0.3 is 0 Å². The van der Waals surface area contributed by atoms with E-state index in [9.17, 15) is 0 Å². The molecule has 0 bridgehead atoms. The van der Waals surface area contributed by atoms with Crippen LogP contribution in [0.2, 0.25) is 0 Å². The second kappa shape index (κ2) is 5.44. The van der Waals surface area contributed by atoms with E-state index in [1.54, 1.807) is 5.56 Å². The number of rotatable bonds is 1. The van der Waals surface area contributed by atoms with E-state index in [0.29, 0.717) is 0 Å². The van der Waals surface area contributed by atoms with Crippen molar-refractivity contribution in [3.05, 3.63) is 34.9 Å². The second-order valence-electron chi connectivity index (χ2n) is 6.70. The Morgan fingerprint density at radius 2 is 1.89 bits per heavy atom. The zero-order valence-corrected chi connectivity index (χ0v) is 12.3. The smallest absolute Gasteiger partial charge is 0.00431 e. The third-order valence-electron chi connectivity index (χ3n) is 4.16. The van der Waals surface area contributed by atoms with Crippen molar-refractivity contribution in [3.63, 3.8) is 0 Å². The van der Waals surface area contributed by atoms with Crippen molar-refractivity contribution >= 4 is 0 Å². The summed E-state index contributed by atoms with van der Waals surface area (Å²) in [5, 5.41) is 3.51. The SMILES string of the molecule is Cc1ccc(C(C)(C)C)cc1C1CCCNCC1. The van der Waals surface area contributed by atoms with Crippen LogP contribution in [-0.2, 0) is 5.41 Å². The summed E-state index contributed by atoms with van der Waals surface area (Å²) in [7, 11) is 0. The fourth-order valence-electron chi connectivity index (χ4n) is 2.88. The number of benzene rings is 1. The molecule has 1 aliphatic rings. The third kappa shape index (κ3) is 3.14. The van der Waals surface area contributed by atoms with Gasteiger partial charge in [0, 0.05) is 0 Å². The van der Waals surface area contributed by atoms with Gasteiger partial charge < -0.3 is 5.32 Å². The molecule has 18 heavy (non-hydrogen) atoms. The van der Waals surface area contributed by atoms with Crippen molar-refractivity contribution in [2.24, 2.45) is 0 Å². The summed E-state index contributed by atoms with van der Waals surface area (Å²) >= 11 is 0. The lowest BCUT2D eigenvalue weighted by Crippen LogP contribution is -2.15. The van der Waals surface area contributed by atoms with Crippen LogP contribution in [0.25, 0.3) is 0 Å². The van der Waals surface area contributed by atoms with E-state index in [2.05, 4.69) is 51.2 Å². The molecule has 1 unspecified atom stereocenters. The molecule has 1 heterocycles. The Hall–Kier alpha value is -0.820. The highest BCUT2D eigenvalue weighted by atomic mass is 14.8. The van der Waals surface area contributed by atoms with Gasteiger partial charge in [-0.3, -0.25) is 0 Å². The molecule has 0 spiro atoms. The van der Waals surface area contributed by atoms with Gasteiger partial charge in [-0.15, -0.1) is 0 Å². The molecule has 0 aliphatic carbocycles. The molecule has 1 saturated heterocycles. The Bertz CT molecular complexity index is 393. The van der Waals surface area contributed by atoms with Gasteiger partial charge in [-0.25, -0.2) is 0 Å². The van der Waals surface area contributed by atoms with E-state index >= 15 is 0 Å². The first-order valence-corrected chi connectivity index (χ1v) is 7.30. The molecule has 1 heteroatoms. The molecule has 1 fully saturated rings. The highest BCUT2D eigenvalue weighted by molar-refractivity contribution is 5.36. The minimum atomic E-state index is 0.255. The monoisotopic (exact) mass is 245 g/mol. The Morgan fingerprint density at radius 1 is 1.11 bits per heavy atom. The van der Waals surface area contributed by atoms with E-state index in [0.717, 1.165) is 5.92 Å². The van der Waals surface area contributed by atoms with Gasteiger partial charge in [0.15, 0.2) is 0 Å². The van der Waals surface area contributed by atoms with Crippen LogP contribution in [0.5, 0.6) is 0 Å². The van der Waals surface area contributed by atoms with Gasteiger partial charge in [-0.1, -0.05) is 39.0 Å². The maximum absolute atomic E-state index is 3.51. The molecule has 1 atom stereocenters. The predicted molar refractivity (Wildman–Crippen MR) is 79.3 cm³/mol. The topological polar surface area (TPSA) is 12.0 Å². The highest BCUT2D eigenvalue weighted by Gasteiger charge is 2.19. The fraction of sp³-hybridized carbons (Fsp3) is 0.647. The van der Waals surface area contributed by atoms with E-state index in [-0.39, 0.29) is 5.41 Å². The summed E-state index contributed by atoms with van der Waals surface area (Å²) in [5.41, 5.74) is 4.78. The minimum absolute atomic E-state index is 0.255. The number of aryl methyl sites for hydroxylation is 1. The average Bonchev–Trinajstić information content (AvgIpc) is 2.56. The maximum Gasteiger partial charge on any atom is -0.00431 e. The van der Waals surface area contributed by atoms with Crippen molar-refractivity contribution in [2.75, 3.05) is 13.1 Å². The molecular formula is C17H27N. The number of hydrogen-bond acceptors (Lipinski definition) is 1. The standard InChI is InChI=1S/C17H27N/c1-13-7-8-15(17(2,3)4)12-16(13)14-6-5-10-18-11-9-14/h7-8,12,14,18H,5-6,9-11H2,1-4H3. The summed E-state index contributed by atoms with van der Waals surface area (Å²) in [6.07, 6.45) is 3.93. The quantitative estimate of drug-likeness (QED) is 0.783. The Kier molecular flexibility index (Phi) is 4.11. The third-order valence-corrected chi connectivity index (χ3v) is 4.16. The van der Waals surface area contributed by atoms with Crippen LogP contribution in [0.1, 0.15) is 62.6 Å². The highest BCUT2D eigenvalue weighted by Crippen LogP contribution is 2.32. The molecule has 1 aliphatic heterocycles. The van der Waals surface area contributed by atoms with Gasteiger partial charge in [0.25, 0.3) is 0 Å². The zero-order chi connectivity index (χ0) is 13.2. The molecule has 1 aromatic carbocycles. The molecular weight excluding hydrogens is 218 g/mol. The van der Waals surface area contributed by atoms with Crippen molar-refractivity contribution < 1.29 is 0 Å². The summed E-state index contributed by atoms with van der Waals surface area (Å²) in [6.45, 7) is 11.5. The second-order valence-corrected chi connectivity index (χ2v) is 6.70. The van der Waals surface area contributed by atoms with Gasteiger partial charge in [0.2, 0.25) is 0 Å². The molecule has 1 N–H and O–H groups in total. The van der Waals surface area contributed by atoms with E-state index < -0.39 is 0 Å². The Morgan fingerprint density at radius 3 is 2.61 bits per heavy atom. The lowest BCUT2D eigenvalue weighted by atomic mass is 9.81. The summed E-state index contributed by atoms with van der Waals surface area (Å²) in [4.78, 5) is 0. The molecule has 0 amide bonds. The molecule has 2 rings (SSSR count). The maximum atomic E-state index is 3.51. The molecule has 1 nitrogen and oxygen atoms in total. The fourth-order valence-corrected chi connectivity index (χ4v) is 2.88. The first-order chi connectivity index (χ1) is 8.48. The minimum Gasteiger partial charge on any atom is -0.317 e. The van der Waals surface area contributed by atoms with Crippen LogP contribution < -0.4 is 5.32 Å². The molecule has 0 radical (unpaired) electrons. The van der Waals surface area contributed by atoms with Gasteiger partial charge in [0.1, 0.15) is 0 Å². The molecule has 0 aromatic heterocycles. The average molecular weight is 245 g/mol. The van der Waals surface area contributed by atoms with Crippen LogP contribution in [0, 0.1) is 6.92 Å². The van der Waals surface area contributed by atoms with Crippen LogP contribution in [0.15, 0.2) is 18.2 Å². The van der Waals surface area contributed by atoms with E-state index in [4.69, 9.17) is 0 Å². The van der Waals surface area contributed by atoms with Crippen LogP contribution in [0.4, 0.5) is 0 Å². The summed E-state index contributed by atoms with van der Waals surface area (Å²) in [6, 6.07) is 7.08. The van der Waals surface area contributed by atoms with Gasteiger partial charge in [-0.05, 0) is 67.3 Å². The summed E-state index contributed by atoms with van der Waals surface area (Å²) in [5.74, 6) is 0.752. The van der Waals surface area contributed by atoms with Crippen molar-refractivity contribution in [1.82, 2.24) is 5.32 Å². The van der Waals surface area contributed by atoms with E-state index in [1.165, 1.54) is 43.5 Å². The number of nitrogens with one attached hydrogen (secondary N) is 1. The van der Waals surface area contributed by atoms with Crippen LogP contribution in [0.3, 0.4) is 0 Å². The molecule has 0 saturated carbocycles. The first-order valence-electron chi connectivity index (χ1n) is 7.30. The molecule has 1 aromatic rings. The largest absolute Gasteiger partial charge is 0.317 e.